The van der Waals surface area contributed by atoms with Gasteiger partial charge >= 0.3 is 0 Å². The maximum absolute atomic E-state index is 12.8. The molecule has 0 unspecified atom stereocenters. The van der Waals surface area contributed by atoms with Crippen molar-refractivity contribution in [2.75, 3.05) is 32.7 Å². The van der Waals surface area contributed by atoms with Crippen molar-refractivity contribution in [3.8, 4) is 5.69 Å². The number of aryl methyl sites for hydroxylation is 1. The Hall–Kier alpha value is -2.66. The maximum atomic E-state index is 12.8. The van der Waals surface area contributed by atoms with Crippen LogP contribution in [0.2, 0.25) is 0 Å². The minimum absolute atomic E-state index is 0.169. The highest BCUT2D eigenvalue weighted by Gasteiger charge is 2.23. The van der Waals surface area contributed by atoms with Gasteiger partial charge in [0.2, 0.25) is 5.91 Å². The summed E-state index contributed by atoms with van der Waals surface area (Å²) < 4.78 is 2.77. The lowest BCUT2D eigenvalue weighted by atomic mass is 10.0. The summed E-state index contributed by atoms with van der Waals surface area (Å²) in [6.07, 6.45) is 4.45. The van der Waals surface area contributed by atoms with E-state index >= 15 is 0 Å². The Morgan fingerprint density at radius 3 is 2.55 bits per heavy atom. The Bertz CT molecular complexity index is 1150. The van der Waals surface area contributed by atoms with Crippen LogP contribution >= 0.6 is 22.6 Å². The molecule has 33 heavy (non-hydrogen) atoms. The monoisotopic (exact) mass is 556 g/mol. The molecular weight excluding hydrogens is 531 g/mol. The summed E-state index contributed by atoms with van der Waals surface area (Å²) in [4.78, 5) is 29.1. The molecule has 0 atom stereocenters. The average Bonchev–Trinajstić information content (AvgIpc) is 3.49. The van der Waals surface area contributed by atoms with Gasteiger partial charge in [0.1, 0.15) is 6.33 Å². The van der Waals surface area contributed by atoms with Crippen molar-refractivity contribution < 1.29 is 9.59 Å². The summed E-state index contributed by atoms with van der Waals surface area (Å²) in [7, 11) is 0. The quantitative estimate of drug-likeness (QED) is 0.434. The van der Waals surface area contributed by atoms with Crippen LogP contribution in [0.3, 0.4) is 0 Å². The number of benzene rings is 2. The molecule has 0 radical (unpaired) electrons. The van der Waals surface area contributed by atoms with Crippen molar-refractivity contribution in [3.05, 3.63) is 68.5 Å². The fourth-order valence-corrected chi connectivity index (χ4v) is 5.28. The number of hydrogen-bond acceptors (Lipinski definition) is 6. The zero-order valence-corrected chi connectivity index (χ0v) is 20.4. The number of halogens is 1. The fourth-order valence-electron chi connectivity index (χ4n) is 4.54. The van der Waals surface area contributed by atoms with E-state index in [9.17, 15) is 9.59 Å². The fraction of sp³-hybridized carbons (Fsp3) is 0.375. The van der Waals surface area contributed by atoms with E-state index in [0.717, 1.165) is 62.4 Å². The minimum atomic E-state index is 0.169. The first-order valence-electron chi connectivity index (χ1n) is 11.2. The number of rotatable bonds is 6. The van der Waals surface area contributed by atoms with Gasteiger partial charge in [-0.1, -0.05) is 18.2 Å². The summed E-state index contributed by atoms with van der Waals surface area (Å²) in [6.45, 7) is 4.28. The number of hydrogen-bond donors (Lipinski definition) is 0. The molecule has 1 aromatic heterocycles. The number of aromatic nitrogens is 4. The smallest absolute Gasteiger partial charge is 0.227 e. The zero-order valence-electron chi connectivity index (χ0n) is 18.3. The van der Waals surface area contributed by atoms with Crippen LogP contribution in [0, 0.1) is 3.57 Å². The van der Waals surface area contributed by atoms with E-state index in [1.807, 2.05) is 29.2 Å². The Morgan fingerprint density at radius 1 is 1.03 bits per heavy atom. The van der Waals surface area contributed by atoms with Crippen molar-refractivity contribution >= 4 is 34.3 Å². The summed E-state index contributed by atoms with van der Waals surface area (Å²) in [5.41, 5.74) is 5.31. The number of nitrogens with zero attached hydrogens (tertiary/aromatic N) is 6. The van der Waals surface area contributed by atoms with E-state index in [4.69, 9.17) is 0 Å². The van der Waals surface area contributed by atoms with Crippen LogP contribution in [-0.2, 0) is 24.1 Å². The molecule has 2 aromatic carbocycles. The second-order valence-electron chi connectivity index (χ2n) is 8.59. The number of carbonyl (C=O) groups excluding carboxylic acids is 2. The highest BCUT2D eigenvalue weighted by atomic mass is 127. The van der Waals surface area contributed by atoms with Crippen LogP contribution in [-0.4, -0.2) is 74.4 Å². The van der Waals surface area contributed by atoms with Crippen molar-refractivity contribution in [1.29, 1.82) is 0 Å². The summed E-state index contributed by atoms with van der Waals surface area (Å²) in [5, 5.41) is 11.2. The van der Waals surface area contributed by atoms with Gasteiger partial charge in [-0.15, -0.1) is 5.10 Å². The molecule has 2 heterocycles. The van der Waals surface area contributed by atoms with Crippen LogP contribution in [0.5, 0.6) is 0 Å². The van der Waals surface area contributed by atoms with Gasteiger partial charge in [0, 0.05) is 48.3 Å². The van der Waals surface area contributed by atoms with E-state index in [2.05, 4.69) is 55.1 Å². The number of fused-ring (bicyclic) bond motifs is 1. The van der Waals surface area contributed by atoms with Crippen LogP contribution in [0.25, 0.3) is 5.69 Å². The first-order valence-corrected chi connectivity index (χ1v) is 12.3. The van der Waals surface area contributed by atoms with Crippen molar-refractivity contribution in [1.82, 2.24) is 30.0 Å². The number of carbonyl (C=O) groups is 2. The maximum Gasteiger partial charge on any atom is 0.227 e. The molecule has 8 nitrogen and oxygen atoms in total. The lowest BCUT2D eigenvalue weighted by Gasteiger charge is -2.35. The first-order chi connectivity index (χ1) is 16.1. The number of Topliss-reactive ketones (excluding diaryl/α,β-unsaturated/α-hetero) is 1. The van der Waals surface area contributed by atoms with Gasteiger partial charge in [-0.3, -0.25) is 14.5 Å². The second kappa shape index (κ2) is 9.68. The highest BCUT2D eigenvalue weighted by molar-refractivity contribution is 14.1. The summed E-state index contributed by atoms with van der Waals surface area (Å²) in [5.74, 6) is 0.446. The molecule has 1 aliphatic heterocycles. The topological polar surface area (TPSA) is 84.2 Å². The average molecular weight is 556 g/mol. The first kappa shape index (κ1) is 22.1. The molecule has 0 saturated carbocycles. The molecule has 0 bridgehead atoms. The van der Waals surface area contributed by atoms with Gasteiger partial charge < -0.3 is 4.90 Å². The number of piperazine rings is 1. The van der Waals surface area contributed by atoms with Crippen molar-refractivity contribution in [3.63, 3.8) is 0 Å². The molecule has 2 aliphatic rings. The van der Waals surface area contributed by atoms with Crippen molar-refractivity contribution in [2.24, 2.45) is 0 Å². The van der Waals surface area contributed by atoms with Gasteiger partial charge in [-0.05, 0) is 80.7 Å². The Kier molecular flexibility index (Phi) is 6.50. The molecule has 3 aromatic rings. The zero-order chi connectivity index (χ0) is 22.8. The Balaban J connectivity index is 1.10. The van der Waals surface area contributed by atoms with Gasteiger partial charge in [-0.25, -0.2) is 4.68 Å². The lowest BCUT2D eigenvalue weighted by molar-refractivity contribution is -0.132. The summed E-state index contributed by atoms with van der Waals surface area (Å²) >= 11 is 2.35. The predicted octanol–water partition coefficient (Wildman–Crippen LogP) is 2.33. The summed E-state index contributed by atoms with van der Waals surface area (Å²) in [6, 6.07) is 12.0. The molecule has 0 N–H and O–H groups in total. The standard InChI is InChI=1S/C24H25IN6O2/c25-22-15-21-18(3-6-23(21)32)14-19(22)7-8-29-9-11-30(12-10-29)24(33)13-17-1-4-20(5-2-17)31-16-26-27-28-31/h1-2,4-5,14-16H,3,6-13H2. The van der Waals surface area contributed by atoms with Crippen molar-refractivity contribution in [2.45, 2.75) is 25.7 Å². The van der Waals surface area contributed by atoms with Crippen LogP contribution < -0.4 is 0 Å². The number of tetrazole rings is 1. The van der Waals surface area contributed by atoms with Gasteiger partial charge in [0.05, 0.1) is 12.1 Å². The minimum Gasteiger partial charge on any atom is -0.340 e. The highest BCUT2D eigenvalue weighted by Crippen LogP contribution is 2.27. The lowest BCUT2D eigenvalue weighted by Crippen LogP contribution is -2.49. The van der Waals surface area contributed by atoms with E-state index < -0.39 is 0 Å². The van der Waals surface area contributed by atoms with Crippen LogP contribution in [0.1, 0.15) is 33.5 Å². The SMILES string of the molecule is O=C1CCc2cc(CCN3CCN(C(=O)Cc4ccc(-n5cnnn5)cc4)CC3)c(I)cc21. The van der Waals surface area contributed by atoms with E-state index in [0.29, 0.717) is 12.8 Å². The van der Waals surface area contributed by atoms with E-state index in [1.54, 1.807) is 11.0 Å². The Labute approximate surface area is 206 Å². The third kappa shape index (κ3) is 4.98. The number of ketones is 1. The normalized spacial score (nSPS) is 16.3. The van der Waals surface area contributed by atoms with Gasteiger partial charge in [0.25, 0.3) is 0 Å². The van der Waals surface area contributed by atoms with Crippen LogP contribution in [0.4, 0.5) is 0 Å². The van der Waals surface area contributed by atoms with E-state index in [1.165, 1.54) is 14.7 Å². The third-order valence-electron chi connectivity index (χ3n) is 6.52. The predicted molar refractivity (Wildman–Crippen MR) is 131 cm³/mol. The molecule has 5 rings (SSSR count). The third-order valence-corrected chi connectivity index (χ3v) is 7.53. The van der Waals surface area contributed by atoms with E-state index in [-0.39, 0.29) is 11.7 Å². The molecule has 1 amide bonds. The second-order valence-corrected chi connectivity index (χ2v) is 9.76. The Morgan fingerprint density at radius 2 is 1.82 bits per heavy atom. The molecule has 9 heteroatoms. The van der Waals surface area contributed by atoms with Crippen LogP contribution in [0.15, 0.2) is 42.7 Å². The number of amides is 1. The molecule has 0 spiro atoms. The molecule has 1 saturated heterocycles. The molecule has 1 aliphatic carbocycles. The molecular formula is C24H25IN6O2. The molecule has 1 fully saturated rings. The van der Waals surface area contributed by atoms with Gasteiger partial charge in [0.15, 0.2) is 5.78 Å². The largest absolute Gasteiger partial charge is 0.340 e. The van der Waals surface area contributed by atoms with Gasteiger partial charge in [-0.2, -0.15) is 0 Å². The molecule has 170 valence electrons.